The number of hydrogen-bond acceptors (Lipinski definition) is 5. The van der Waals surface area contributed by atoms with Crippen LogP contribution in [0.1, 0.15) is 16.7 Å². The molecule has 0 aliphatic carbocycles. The molecular weight excluding hydrogens is 340 g/mol. The number of nitro benzene ring substituents is 1. The van der Waals surface area contributed by atoms with Crippen molar-refractivity contribution >= 4 is 50.2 Å². The lowest BCUT2D eigenvalue weighted by Gasteiger charge is -2.04. The number of isothiocyanates is 1. The van der Waals surface area contributed by atoms with Crippen LogP contribution >= 0.6 is 23.6 Å². The minimum atomic E-state index is -0.309. The zero-order valence-corrected chi connectivity index (χ0v) is 15.0. The highest BCUT2D eigenvalue weighted by Gasteiger charge is 2.21. The van der Waals surface area contributed by atoms with E-state index in [0.29, 0.717) is 0 Å². The average Bonchev–Trinajstić information content (AvgIpc) is 2.90. The summed E-state index contributed by atoms with van der Waals surface area (Å²) < 4.78 is 1.10. The van der Waals surface area contributed by atoms with Gasteiger partial charge in [-0.15, -0.1) is 11.3 Å². The summed E-state index contributed by atoms with van der Waals surface area (Å²) in [5.74, 6) is 0. The second kappa shape index (κ2) is 6.24. The van der Waals surface area contributed by atoms with Crippen molar-refractivity contribution in [3.8, 4) is 10.4 Å². The largest absolute Gasteiger partial charge is 0.273 e. The lowest BCUT2D eigenvalue weighted by molar-refractivity contribution is -0.385. The Balaban J connectivity index is 2.25. The third kappa shape index (κ3) is 2.65. The Hall–Kier alpha value is -2.40. The van der Waals surface area contributed by atoms with Gasteiger partial charge in [0.25, 0.3) is 5.69 Å². The molecule has 0 radical (unpaired) electrons. The van der Waals surface area contributed by atoms with E-state index >= 15 is 0 Å². The number of fused-ring (bicyclic) bond motifs is 1. The fourth-order valence-electron chi connectivity index (χ4n) is 2.95. The van der Waals surface area contributed by atoms with Crippen molar-refractivity contribution in [2.24, 2.45) is 4.99 Å². The molecule has 0 amide bonds. The molecule has 6 heteroatoms. The molecule has 0 saturated heterocycles. The van der Waals surface area contributed by atoms with Crippen LogP contribution in [0.25, 0.3) is 20.5 Å². The van der Waals surface area contributed by atoms with Crippen molar-refractivity contribution in [1.82, 2.24) is 0 Å². The number of thiocarbonyl (C=S) groups is 1. The van der Waals surface area contributed by atoms with Crippen LogP contribution in [0.2, 0.25) is 0 Å². The lowest BCUT2D eigenvalue weighted by atomic mass is 10.0. The first-order valence-corrected chi connectivity index (χ1v) is 8.52. The van der Waals surface area contributed by atoms with Gasteiger partial charge in [-0.1, -0.05) is 12.1 Å². The molecule has 0 spiro atoms. The van der Waals surface area contributed by atoms with Crippen LogP contribution in [-0.4, -0.2) is 10.1 Å². The van der Waals surface area contributed by atoms with Crippen molar-refractivity contribution < 1.29 is 4.92 Å². The zero-order valence-electron chi connectivity index (χ0n) is 13.4. The van der Waals surface area contributed by atoms with Crippen molar-refractivity contribution in [2.45, 2.75) is 20.8 Å². The fourth-order valence-corrected chi connectivity index (χ4v) is 4.40. The van der Waals surface area contributed by atoms with Crippen LogP contribution in [-0.2, 0) is 0 Å². The van der Waals surface area contributed by atoms with E-state index in [1.807, 2.05) is 45.0 Å². The minimum absolute atomic E-state index is 0.179. The highest BCUT2D eigenvalue weighted by molar-refractivity contribution is 7.78. The quantitative estimate of drug-likeness (QED) is 0.246. The maximum Gasteiger partial charge on any atom is 0.273 e. The van der Waals surface area contributed by atoms with Crippen molar-refractivity contribution in [2.75, 3.05) is 0 Å². The van der Waals surface area contributed by atoms with E-state index in [1.54, 1.807) is 17.4 Å². The van der Waals surface area contributed by atoms with Gasteiger partial charge in [-0.25, -0.2) is 0 Å². The number of thiophene rings is 1. The molecule has 0 aliphatic heterocycles. The summed E-state index contributed by atoms with van der Waals surface area (Å²) in [5, 5.41) is 14.6. The molecule has 3 aromatic rings. The normalized spacial score (nSPS) is 10.6. The summed E-state index contributed by atoms with van der Waals surface area (Å²) in [5.41, 5.74) is 4.74. The Bertz CT molecular complexity index is 1010. The van der Waals surface area contributed by atoms with Gasteiger partial charge < -0.3 is 0 Å². The Morgan fingerprint density at radius 2 is 1.83 bits per heavy atom. The van der Waals surface area contributed by atoms with Gasteiger partial charge in [-0.2, -0.15) is 4.99 Å². The van der Waals surface area contributed by atoms with Gasteiger partial charge in [0.05, 0.1) is 15.8 Å². The predicted octanol–water partition coefficient (Wildman–Crippen LogP) is 6.14. The number of rotatable bonds is 3. The number of aryl methyl sites for hydroxylation is 3. The smallest absolute Gasteiger partial charge is 0.258 e. The van der Waals surface area contributed by atoms with E-state index in [4.69, 9.17) is 0 Å². The Morgan fingerprint density at radius 1 is 1.17 bits per heavy atom. The van der Waals surface area contributed by atoms with Gasteiger partial charge >= 0.3 is 0 Å². The third-order valence-corrected chi connectivity index (χ3v) is 5.69. The Kier molecular flexibility index (Phi) is 4.28. The molecule has 2 aromatic carbocycles. The van der Waals surface area contributed by atoms with E-state index in [1.165, 1.54) is 0 Å². The van der Waals surface area contributed by atoms with Gasteiger partial charge in [0, 0.05) is 26.6 Å². The van der Waals surface area contributed by atoms with E-state index in [-0.39, 0.29) is 10.6 Å². The van der Waals surface area contributed by atoms with Gasteiger partial charge in [0.1, 0.15) is 0 Å². The topological polar surface area (TPSA) is 55.5 Å². The van der Waals surface area contributed by atoms with Crippen LogP contribution < -0.4 is 0 Å². The first-order chi connectivity index (χ1) is 11.4. The molecule has 3 rings (SSSR count). The first kappa shape index (κ1) is 16.5. The first-order valence-electron chi connectivity index (χ1n) is 7.30. The molecule has 24 heavy (non-hydrogen) atoms. The lowest BCUT2D eigenvalue weighted by Crippen LogP contribution is -1.93. The summed E-state index contributed by atoms with van der Waals surface area (Å²) in [6.07, 6.45) is 0. The Labute approximate surface area is 148 Å². The molecule has 0 fully saturated rings. The summed E-state index contributed by atoms with van der Waals surface area (Å²) in [6, 6.07) is 9.42. The summed E-state index contributed by atoms with van der Waals surface area (Å²) in [6.45, 7) is 5.76. The number of aliphatic imine (C=N–C) groups is 1. The number of hydrogen-bond donors (Lipinski definition) is 0. The molecule has 1 heterocycles. The molecule has 0 unspecified atom stereocenters. The zero-order chi connectivity index (χ0) is 17.4. The molecule has 120 valence electrons. The maximum atomic E-state index is 11.3. The summed E-state index contributed by atoms with van der Waals surface area (Å²) in [7, 11) is 0. The van der Waals surface area contributed by atoms with Gasteiger partial charge in [0.2, 0.25) is 0 Å². The van der Waals surface area contributed by atoms with Crippen LogP contribution in [0.5, 0.6) is 0 Å². The molecule has 0 saturated carbocycles. The Morgan fingerprint density at radius 3 is 2.42 bits per heavy atom. The van der Waals surface area contributed by atoms with E-state index in [0.717, 1.165) is 42.9 Å². The van der Waals surface area contributed by atoms with Crippen molar-refractivity contribution in [3.05, 3.63) is 57.1 Å². The summed E-state index contributed by atoms with van der Waals surface area (Å²) >= 11 is 6.28. The van der Waals surface area contributed by atoms with Crippen LogP contribution in [0.15, 0.2) is 35.3 Å². The average molecular weight is 354 g/mol. The van der Waals surface area contributed by atoms with Crippen molar-refractivity contribution in [1.29, 1.82) is 0 Å². The molecule has 0 atom stereocenters. The SMILES string of the molecule is Cc1cc([N+](=O)[O-])c(C)c2c(C)c(-c3ccc(N=C=S)cc3)sc12. The standard InChI is InChI=1S/C18H14N2O2S2/c1-10-8-15(20(21)22)11(2)16-12(3)18(24-17(10)16)13-4-6-14(7-5-13)19-9-23/h4-8H,1-3H3. The molecule has 0 aliphatic rings. The second-order valence-electron chi connectivity index (χ2n) is 5.60. The van der Waals surface area contributed by atoms with Gasteiger partial charge in [0.15, 0.2) is 0 Å². The van der Waals surface area contributed by atoms with Crippen LogP contribution in [0.3, 0.4) is 0 Å². The molecule has 4 nitrogen and oxygen atoms in total. The molecule has 0 N–H and O–H groups in total. The van der Waals surface area contributed by atoms with E-state index in [9.17, 15) is 10.1 Å². The summed E-state index contributed by atoms with van der Waals surface area (Å²) in [4.78, 5) is 16.1. The number of nitro groups is 1. The second-order valence-corrected chi connectivity index (χ2v) is 6.81. The predicted molar refractivity (Wildman–Crippen MR) is 103 cm³/mol. The molecular formula is C18H14N2O2S2. The third-order valence-electron chi connectivity index (χ3n) is 4.12. The highest BCUT2D eigenvalue weighted by Crippen LogP contribution is 2.43. The number of benzene rings is 2. The fraction of sp³-hybridized carbons (Fsp3) is 0.167. The van der Waals surface area contributed by atoms with Crippen LogP contribution in [0, 0.1) is 30.9 Å². The highest BCUT2D eigenvalue weighted by atomic mass is 32.1. The minimum Gasteiger partial charge on any atom is -0.258 e. The molecule has 1 aromatic heterocycles. The van der Waals surface area contributed by atoms with Crippen molar-refractivity contribution in [3.63, 3.8) is 0 Å². The van der Waals surface area contributed by atoms with Gasteiger partial charge in [-0.3, -0.25) is 10.1 Å². The van der Waals surface area contributed by atoms with E-state index in [2.05, 4.69) is 22.4 Å². The van der Waals surface area contributed by atoms with E-state index < -0.39 is 0 Å². The van der Waals surface area contributed by atoms with Crippen LogP contribution in [0.4, 0.5) is 11.4 Å². The maximum absolute atomic E-state index is 11.3. The monoisotopic (exact) mass is 354 g/mol. The number of nitrogens with zero attached hydrogens (tertiary/aromatic N) is 2. The van der Waals surface area contributed by atoms with Gasteiger partial charge in [-0.05, 0) is 61.8 Å². The molecule has 0 bridgehead atoms.